The lowest BCUT2D eigenvalue weighted by atomic mass is 9.97. The van der Waals surface area contributed by atoms with Gasteiger partial charge in [0.2, 0.25) is 0 Å². The van der Waals surface area contributed by atoms with Gasteiger partial charge in [0.25, 0.3) is 0 Å². The molecule has 0 aliphatic heterocycles. The fourth-order valence-electron chi connectivity index (χ4n) is 1.90. The first-order valence-corrected chi connectivity index (χ1v) is 8.77. The molecule has 0 aliphatic carbocycles. The van der Waals surface area contributed by atoms with Gasteiger partial charge in [-0.15, -0.1) is 0 Å². The number of nitrogens with one attached hydrogen (secondary N) is 1. The molecule has 132 valence electrons. The molecule has 3 atom stereocenters. The van der Waals surface area contributed by atoms with E-state index in [-0.39, 0.29) is 12.0 Å². The van der Waals surface area contributed by atoms with E-state index in [9.17, 15) is 17.4 Å². The molecule has 0 saturated carbocycles. The summed E-state index contributed by atoms with van der Waals surface area (Å²) in [6, 6.07) is 2.51. The van der Waals surface area contributed by atoms with Crippen LogP contribution in [-0.2, 0) is 23.6 Å². The first kappa shape index (κ1) is 20.1. The highest BCUT2D eigenvalue weighted by molar-refractivity contribution is 7.84. The van der Waals surface area contributed by atoms with Crippen LogP contribution in [-0.4, -0.2) is 20.0 Å². The van der Waals surface area contributed by atoms with E-state index in [1.807, 2.05) is 27.7 Å². The Morgan fingerprint density at radius 2 is 1.78 bits per heavy atom. The molecule has 0 spiro atoms. The average molecular weight is 350 g/mol. The van der Waals surface area contributed by atoms with Gasteiger partial charge in [-0.25, -0.2) is 13.9 Å². The maximum Gasteiger partial charge on any atom is 0.433 e. The smallest absolute Gasteiger partial charge is 0.248 e. The third kappa shape index (κ3) is 5.57. The zero-order valence-electron chi connectivity index (χ0n) is 14.4. The van der Waals surface area contributed by atoms with Crippen molar-refractivity contribution in [2.75, 3.05) is 0 Å². The summed E-state index contributed by atoms with van der Waals surface area (Å²) < 4.78 is 53.6. The second kappa shape index (κ2) is 7.30. The zero-order chi connectivity index (χ0) is 18.0. The van der Waals surface area contributed by atoms with Crippen molar-refractivity contribution >= 4 is 11.0 Å². The normalized spacial score (nSPS) is 16.9. The van der Waals surface area contributed by atoms with Gasteiger partial charge in [-0.2, -0.15) is 13.2 Å². The van der Waals surface area contributed by atoms with Gasteiger partial charge >= 0.3 is 6.18 Å². The number of hydrogen-bond acceptors (Lipinski definition) is 2. The minimum absolute atomic E-state index is 0.268. The predicted octanol–water partition coefficient (Wildman–Crippen LogP) is 4.21. The topological polar surface area (TPSA) is 42.0 Å². The van der Waals surface area contributed by atoms with E-state index in [4.69, 9.17) is 0 Å². The van der Waals surface area contributed by atoms with Gasteiger partial charge < -0.3 is 0 Å². The zero-order valence-corrected chi connectivity index (χ0v) is 15.2. The molecule has 1 aromatic heterocycles. The Hall–Kier alpha value is -0.950. The van der Waals surface area contributed by atoms with E-state index in [0.29, 0.717) is 17.7 Å². The summed E-state index contributed by atoms with van der Waals surface area (Å²) in [6.45, 7) is 10.9. The molecule has 23 heavy (non-hydrogen) atoms. The van der Waals surface area contributed by atoms with Crippen LogP contribution in [0.1, 0.15) is 64.4 Å². The van der Waals surface area contributed by atoms with Crippen molar-refractivity contribution in [3.63, 3.8) is 0 Å². The van der Waals surface area contributed by atoms with Crippen LogP contribution in [0.2, 0.25) is 0 Å². The van der Waals surface area contributed by atoms with Gasteiger partial charge in [0.15, 0.2) is 0 Å². The Bertz CT molecular complexity index is 567. The molecule has 0 radical (unpaired) electrons. The monoisotopic (exact) mass is 350 g/mol. The van der Waals surface area contributed by atoms with Crippen LogP contribution < -0.4 is 4.72 Å². The summed E-state index contributed by atoms with van der Waals surface area (Å²) in [5, 5.41) is 0. The summed E-state index contributed by atoms with van der Waals surface area (Å²) in [5.74, 6) is -0.297. The van der Waals surface area contributed by atoms with Gasteiger partial charge in [0.1, 0.15) is 5.69 Å². The van der Waals surface area contributed by atoms with E-state index < -0.39 is 27.6 Å². The molecule has 3 unspecified atom stereocenters. The third-order valence-electron chi connectivity index (χ3n) is 3.67. The fraction of sp³-hybridized carbons (Fsp3) is 0.688. The number of aromatic nitrogens is 1. The molecule has 0 amide bonds. The second-order valence-electron chi connectivity index (χ2n) is 6.71. The summed E-state index contributed by atoms with van der Waals surface area (Å²) in [6.07, 6.45) is -3.97. The fourth-order valence-corrected chi connectivity index (χ4v) is 2.79. The molecule has 0 aliphatic rings. The lowest BCUT2D eigenvalue weighted by Crippen LogP contribution is -2.40. The maximum absolute atomic E-state index is 13.0. The quantitative estimate of drug-likeness (QED) is 0.864. The molecule has 1 heterocycles. The van der Waals surface area contributed by atoms with Gasteiger partial charge in [0, 0.05) is 17.7 Å². The Morgan fingerprint density at radius 1 is 1.22 bits per heavy atom. The second-order valence-corrected chi connectivity index (χ2v) is 8.71. The van der Waals surface area contributed by atoms with Crippen molar-refractivity contribution in [1.82, 2.24) is 9.71 Å². The summed E-state index contributed by atoms with van der Waals surface area (Å²) in [5.41, 5.74) is 0.0868. The van der Waals surface area contributed by atoms with Gasteiger partial charge in [-0.3, -0.25) is 0 Å². The minimum Gasteiger partial charge on any atom is -0.248 e. The Balaban J connectivity index is 3.07. The molecule has 7 heteroatoms. The molecular weight excluding hydrogens is 325 g/mol. The molecule has 0 aromatic carbocycles. The maximum atomic E-state index is 13.0. The van der Waals surface area contributed by atoms with Crippen molar-refractivity contribution in [3.8, 4) is 0 Å². The van der Waals surface area contributed by atoms with E-state index in [1.54, 1.807) is 19.9 Å². The SMILES string of the molecule is CCc1cc(C(C)C(C)NS(=O)C(C)(C)C)nc(C(F)(F)F)c1. The largest absolute Gasteiger partial charge is 0.433 e. The first-order chi connectivity index (χ1) is 10.4. The van der Waals surface area contributed by atoms with Crippen LogP contribution in [0.4, 0.5) is 13.2 Å². The van der Waals surface area contributed by atoms with E-state index in [1.165, 1.54) is 0 Å². The van der Waals surface area contributed by atoms with Crippen LogP contribution in [0.15, 0.2) is 12.1 Å². The number of nitrogens with zero attached hydrogens (tertiary/aromatic N) is 1. The first-order valence-electron chi connectivity index (χ1n) is 7.62. The number of pyridine rings is 1. The van der Waals surface area contributed by atoms with E-state index in [0.717, 1.165) is 6.07 Å². The lowest BCUT2D eigenvalue weighted by Gasteiger charge is -2.26. The average Bonchev–Trinajstić information content (AvgIpc) is 2.43. The van der Waals surface area contributed by atoms with Crippen LogP contribution in [0.3, 0.4) is 0 Å². The number of rotatable bonds is 5. The van der Waals surface area contributed by atoms with E-state index >= 15 is 0 Å². The molecule has 0 fully saturated rings. The van der Waals surface area contributed by atoms with Gasteiger partial charge in [-0.1, -0.05) is 13.8 Å². The number of aryl methyl sites for hydroxylation is 1. The van der Waals surface area contributed by atoms with Crippen molar-refractivity contribution in [3.05, 3.63) is 29.1 Å². The molecule has 3 nitrogen and oxygen atoms in total. The Morgan fingerprint density at radius 3 is 2.22 bits per heavy atom. The summed E-state index contributed by atoms with van der Waals surface area (Å²) >= 11 is 0. The van der Waals surface area contributed by atoms with E-state index in [2.05, 4.69) is 9.71 Å². The minimum atomic E-state index is -4.47. The standard InChI is InChI=1S/C16H25F3N2OS/c1-7-12-8-13(20-14(9-12)16(17,18)19)10(2)11(3)21-23(22)15(4,5)6/h8-11,21H,7H2,1-6H3. The number of halogens is 3. The lowest BCUT2D eigenvalue weighted by molar-refractivity contribution is -0.141. The molecule has 1 rings (SSSR count). The Labute approximate surface area is 138 Å². The van der Waals surface area contributed by atoms with Crippen molar-refractivity contribution in [2.24, 2.45) is 0 Å². The summed E-state index contributed by atoms with van der Waals surface area (Å²) in [4.78, 5) is 3.78. The molecule has 0 bridgehead atoms. The highest BCUT2D eigenvalue weighted by atomic mass is 32.2. The highest BCUT2D eigenvalue weighted by Gasteiger charge is 2.34. The number of alkyl halides is 3. The molecule has 1 N–H and O–H groups in total. The van der Waals surface area contributed by atoms with Crippen LogP contribution >= 0.6 is 0 Å². The van der Waals surface area contributed by atoms with Crippen molar-refractivity contribution < 1.29 is 17.4 Å². The predicted molar refractivity (Wildman–Crippen MR) is 87.5 cm³/mol. The van der Waals surface area contributed by atoms with Gasteiger partial charge in [0.05, 0.1) is 15.7 Å². The summed E-state index contributed by atoms with van der Waals surface area (Å²) in [7, 11) is -1.29. The molecule has 0 saturated heterocycles. The van der Waals surface area contributed by atoms with Crippen LogP contribution in [0, 0.1) is 0 Å². The Kier molecular flexibility index (Phi) is 6.38. The van der Waals surface area contributed by atoms with Crippen molar-refractivity contribution in [2.45, 2.75) is 70.8 Å². The van der Waals surface area contributed by atoms with Gasteiger partial charge in [-0.05, 0) is 51.8 Å². The van der Waals surface area contributed by atoms with Crippen LogP contribution in [0.25, 0.3) is 0 Å². The highest BCUT2D eigenvalue weighted by Crippen LogP contribution is 2.30. The third-order valence-corrected chi connectivity index (χ3v) is 5.37. The van der Waals surface area contributed by atoms with Crippen LogP contribution in [0.5, 0.6) is 0 Å². The number of hydrogen-bond donors (Lipinski definition) is 1. The molecular formula is C16H25F3N2OS. The van der Waals surface area contributed by atoms with Crippen molar-refractivity contribution in [1.29, 1.82) is 0 Å². The molecule has 1 aromatic rings.